The zero-order valence-corrected chi connectivity index (χ0v) is 17.6. The van der Waals surface area contributed by atoms with Crippen molar-refractivity contribution in [2.45, 2.75) is 12.6 Å². The lowest BCUT2D eigenvalue weighted by atomic mass is 10.1. The molecule has 1 aromatic heterocycles. The first-order chi connectivity index (χ1) is 15.4. The van der Waals surface area contributed by atoms with E-state index in [1.54, 1.807) is 30.3 Å². The van der Waals surface area contributed by atoms with E-state index in [0.29, 0.717) is 35.2 Å². The molecule has 0 bridgehead atoms. The average Bonchev–Trinajstić information content (AvgIpc) is 2.75. The molecule has 0 spiro atoms. The fourth-order valence-corrected chi connectivity index (χ4v) is 3.47. The molecule has 9 heteroatoms. The molecule has 2 aromatic carbocycles. The highest BCUT2D eigenvalue weighted by atomic mass is 35.5. The Kier molecular flexibility index (Phi) is 6.23. The predicted octanol–water partition coefficient (Wildman–Crippen LogP) is 3.77. The Bertz CT molecular complexity index is 1150. The van der Waals surface area contributed by atoms with Crippen molar-refractivity contribution in [3.05, 3.63) is 88.3 Å². The second-order valence-corrected chi connectivity index (χ2v) is 7.75. The van der Waals surface area contributed by atoms with Gasteiger partial charge in [-0.05, 0) is 35.9 Å². The largest absolute Gasteiger partial charge is 0.487 e. The van der Waals surface area contributed by atoms with E-state index >= 15 is 0 Å². The lowest BCUT2D eigenvalue weighted by Gasteiger charge is -2.40. The topological polar surface area (TPSA) is 91.8 Å². The van der Waals surface area contributed by atoms with E-state index in [1.165, 1.54) is 30.5 Å². The molecular weight excluding hydrogens is 437 g/mol. The van der Waals surface area contributed by atoms with Gasteiger partial charge in [0.25, 0.3) is 5.91 Å². The van der Waals surface area contributed by atoms with Crippen molar-refractivity contribution in [3.63, 3.8) is 0 Å². The van der Waals surface area contributed by atoms with Gasteiger partial charge in [0.2, 0.25) is 0 Å². The van der Waals surface area contributed by atoms with E-state index in [4.69, 9.17) is 21.4 Å². The van der Waals surface area contributed by atoms with E-state index in [9.17, 15) is 14.0 Å². The van der Waals surface area contributed by atoms with Gasteiger partial charge in [0.1, 0.15) is 23.5 Å². The van der Waals surface area contributed by atoms with Crippen LogP contribution in [-0.2, 0) is 6.54 Å². The lowest BCUT2D eigenvalue weighted by Crippen LogP contribution is -2.54. The van der Waals surface area contributed by atoms with Crippen molar-refractivity contribution in [3.8, 4) is 5.75 Å². The Morgan fingerprint density at radius 2 is 1.94 bits per heavy atom. The second kappa shape index (κ2) is 9.23. The molecule has 32 heavy (non-hydrogen) atoms. The predicted molar refractivity (Wildman–Crippen MR) is 117 cm³/mol. The molecule has 164 valence electrons. The van der Waals surface area contributed by atoms with Crippen molar-refractivity contribution < 1.29 is 23.8 Å². The molecule has 0 saturated carbocycles. The molecule has 2 heterocycles. The molecule has 0 unspecified atom stereocenters. The number of aromatic carboxylic acids is 1. The van der Waals surface area contributed by atoms with Crippen LogP contribution in [0.4, 0.5) is 10.2 Å². The number of carbonyl (C=O) groups is 2. The smallest absolute Gasteiger partial charge is 0.335 e. The van der Waals surface area contributed by atoms with Crippen LogP contribution in [0.3, 0.4) is 0 Å². The molecule has 1 aliphatic rings. The number of hydrogen-bond acceptors (Lipinski definition) is 5. The van der Waals surface area contributed by atoms with Crippen LogP contribution >= 0.6 is 11.6 Å². The van der Waals surface area contributed by atoms with Crippen LogP contribution in [0.1, 0.15) is 26.3 Å². The van der Waals surface area contributed by atoms with Crippen molar-refractivity contribution in [1.82, 2.24) is 10.3 Å². The number of aromatic nitrogens is 1. The van der Waals surface area contributed by atoms with Gasteiger partial charge in [-0.15, -0.1) is 0 Å². The highest BCUT2D eigenvalue weighted by molar-refractivity contribution is 6.31. The Morgan fingerprint density at radius 1 is 1.19 bits per heavy atom. The van der Waals surface area contributed by atoms with Crippen molar-refractivity contribution in [2.75, 3.05) is 18.0 Å². The lowest BCUT2D eigenvalue weighted by molar-refractivity contribution is 0.0696. The van der Waals surface area contributed by atoms with Gasteiger partial charge in [-0.2, -0.15) is 0 Å². The van der Waals surface area contributed by atoms with Crippen LogP contribution in [-0.4, -0.2) is 41.2 Å². The van der Waals surface area contributed by atoms with Gasteiger partial charge in [-0.1, -0.05) is 29.8 Å². The first kappa shape index (κ1) is 21.6. The maximum atomic E-state index is 13.3. The minimum Gasteiger partial charge on any atom is -0.487 e. The number of pyridine rings is 1. The van der Waals surface area contributed by atoms with Crippen LogP contribution in [0.2, 0.25) is 5.02 Å². The minimum atomic E-state index is -1.01. The number of rotatable bonds is 7. The van der Waals surface area contributed by atoms with E-state index < -0.39 is 5.97 Å². The van der Waals surface area contributed by atoms with Crippen LogP contribution in [0.25, 0.3) is 0 Å². The number of nitrogens with one attached hydrogen (secondary N) is 1. The summed E-state index contributed by atoms with van der Waals surface area (Å²) < 4.78 is 19.1. The van der Waals surface area contributed by atoms with Crippen molar-refractivity contribution in [1.29, 1.82) is 0 Å². The number of halogens is 2. The Morgan fingerprint density at radius 3 is 2.62 bits per heavy atom. The fourth-order valence-electron chi connectivity index (χ4n) is 3.31. The first-order valence-corrected chi connectivity index (χ1v) is 10.2. The summed E-state index contributed by atoms with van der Waals surface area (Å²) in [6.45, 7) is 1.19. The monoisotopic (exact) mass is 455 g/mol. The molecule has 1 saturated heterocycles. The molecule has 4 rings (SSSR count). The molecule has 1 fully saturated rings. The number of carbonyl (C=O) groups excluding carboxylic acids is 1. The third-order valence-electron chi connectivity index (χ3n) is 4.98. The molecule has 3 aromatic rings. The molecule has 7 nitrogen and oxygen atoms in total. The standard InChI is InChI=1S/C23H19ClFN3O4/c24-16-8-20(22(29)27-10-14-4-6-15(7-5-14)23(30)31)21(26-11-16)28-12-19(13-28)32-18-3-1-2-17(25)9-18/h1-9,11,19H,10,12-13H2,(H,27,29)(H,30,31). The molecule has 0 atom stereocenters. The number of nitrogens with zero attached hydrogens (tertiary/aromatic N) is 2. The number of carboxylic acid groups (broad SMARTS) is 1. The number of amides is 1. The third kappa shape index (κ3) is 4.97. The zero-order chi connectivity index (χ0) is 22.7. The number of ether oxygens (including phenoxy) is 1. The van der Waals surface area contributed by atoms with Crippen LogP contribution in [0.15, 0.2) is 60.8 Å². The van der Waals surface area contributed by atoms with Gasteiger partial charge in [-0.25, -0.2) is 14.2 Å². The summed E-state index contributed by atoms with van der Waals surface area (Å²) in [5.41, 5.74) is 1.26. The van der Waals surface area contributed by atoms with Crippen LogP contribution in [0.5, 0.6) is 5.75 Å². The van der Waals surface area contributed by atoms with Crippen molar-refractivity contribution in [2.24, 2.45) is 0 Å². The number of carboxylic acids is 1. The van der Waals surface area contributed by atoms with E-state index in [0.717, 1.165) is 5.56 Å². The molecule has 2 N–H and O–H groups in total. The summed E-state index contributed by atoms with van der Waals surface area (Å²) in [6, 6.07) is 13.7. The number of anilines is 1. The highest BCUT2D eigenvalue weighted by Gasteiger charge is 2.32. The first-order valence-electron chi connectivity index (χ1n) is 9.82. The summed E-state index contributed by atoms with van der Waals surface area (Å²) in [7, 11) is 0. The minimum absolute atomic E-state index is 0.155. The highest BCUT2D eigenvalue weighted by Crippen LogP contribution is 2.27. The summed E-state index contributed by atoms with van der Waals surface area (Å²) in [5, 5.41) is 12.1. The normalized spacial score (nSPS) is 13.4. The van der Waals surface area contributed by atoms with Gasteiger partial charge in [0.15, 0.2) is 0 Å². The van der Waals surface area contributed by atoms with E-state index in [2.05, 4.69) is 10.3 Å². The Labute approximate surface area is 188 Å². The van der Waals surface area contributed by atoms with Gasteiger partial charge in [0, 0.05) is 18.8 Å². The quantitative estimate of drug-likeness (QED) is 0.563. The average molecular weight is 456 g/mol. The fraction of sp³-hybridized carbons (Fsp3) is 0.174. The van der Waals surface area contributed by atoms with Gasteiger partial charge < -0.3 is 20.1 Å². The number of hydrogen-bond donors (Lipinski definition) is 2. The van der Waals surface area contributed by atoms with Gasteiger partial charge >= 0.3 is 5.97 Å². The molecule has 0 radical (unpaired) electrons. The summed E-state index contributed by atoms with van der Waals surface area (Å²) in [4.78, 5) is 30.0. The van der Waals surface area contributed by atoms with Crippen LogP contribution in [0, 0.1) is 5.82 Å². The number of benzene rings is 2. The van der Waals surface area contributed by atoms with Crippen molar-refractivity contribution >= 4 is 29.3 Å². The molecule has 0 aliphatic carbocycles. The summed E-state index contributed by atoms with van der Waals surface area (Å²) >= 11 is 6.06. The van der Waals surface area contributed by atoms with Gasteiger partial charge in [0.05, 0.1) is 29.2 Å². The molecule has 1 aliphatic heterocycles. The summed E-state index contributed by atoms with van der Waals surface area (Å²) in [6.07, 6.45) is 1.32. The second-order valence-electron chi connectivity index (χ2n) is 7.31. The third-order valence-corrected chi connectivity index (χ3v) is 5.18. The maximum Gasteiger partial charge on any atom is 0.335 e. The van der Waals surface area contributed by atoms with Gasteiger partial charge in [-0.3, -0.25) is 4.79 Å². The van der Waals surface area contributed by atoms with E-state index in [1.807, 2.05) is 4.90 Å². The maximum absolute atomic E-state index is 13.3. The summed E-state index contributed by atoms with van der Waals surface area (Å²) in [5.74, 6) is -0.802. The van der Waals surface area contributed by atoms with E-state index in [-0.39, 0.29) is 29.9 Å². The molecule has 1 amide bonds. The Balaban J connectivity index is 1.39. The SMILES string of the molecule is O=C(O)c1ccc(CNC(=O)c2cc(Cl)cnc2N2CC(Oc3cccc(F)c3)C2)cc1. The zero-order valence-electron chi connectivity index (χ0n) is 16.8. The molecular formula is C23H19ClFN3O4. The Hall–Kier alpha value is -3.65. The van der Waals surface area contributed by atoms with Crippen LogP contribution < -0.4 is 15.0 Å².